The second kappa shape index (κ2) is 5.45. The number of benzene rings is 1. The maximum atomic E-state index is 6.01. The Hall–Kier alpha value is -0.280. The first kappa shape index (κ1) is 10.8. The molecule has 0 amide bonds. The minimum absolute atomic E-state index is 0.946. The van der Waals surface area contributed by atoms with Crippen molar-refractivity contribution in [3.63, 3.8) is 0 Å². The molecule has 0 radical (unpaired) electrons. The van der Waals surface area contributed by atoms with Crippen LogP contribution in [0.3, 0.4) is 0 Å². The van der Waals surface area contributed by atoms with Crippen LogP contribution in [0.15, 0.2) is 28.0 Å². The fraction of sp³-hybridized carbons (Fsp3) is 0.400. The standard InChI is InChI=1S/C10H15NS2/c1-3-12-8-6-5-7-9(10(8)11)13-4-2/h5-7H,3-4,11H2,1-2H3. The highest BCUT2D eigenvalue weighted by atomic mass is 32.2. The monoisotopic (exact) mass is 213 g/mol. The summed E-state index contributed by atoms with van der Waals surface area (Å²) in [5, 5.41) is 0. The lowest BCUT2D eigenvalue weighted by Crippen LogP contribution is -1.91. The van der Waals surface area contributed by atoms with E-state index in [4.69, 9.17) is 5.73 Å². The van der Waals surface area contributed by atoms with E-state index in [2.05, 4.69) is 32.0 Å². The zero-order valence-electron chi connectivity index (χ0n) is 8.04. The van der Waals surface area contributed by atoms with Crippen molar-refractivity contribution in [3.05, 3.63) is 18.2 Å². The van der Waals surface area contributed by atoms with Crippen molar-refractivity contribution in [2.75, 3.05) is 17.2 Å². The minimum Gasteiger partial charge on any atom is -0.397 e. The molecule has 0 saturated heterocycles. The van der Waals surface area contributed by atoms with Gasteiger partial charge < -0.3 is 5.73 Å². The van der Waals surface area contributed by atoms with E-state index >= 15 is 0 Å². The molecule has 1 nitrogen and oxygen atoms in total. The van der Waals surface area contributed by atoms with Crippen LogP contribution in [0, 0.1) is 0 Å². The fourth-order valence-electron chi connectivity index (χ4n) is 1.09. The van der Waals surface area contributed by atoms with Gasteiger partial charge >= 0.3 is 0 Å². The molecule has 0 atom stereocenters. The van der Waals surface area contributed by atoms with E-state index in [1.165, 1.54) is 9.79 Å². The number of hydrogen-bond donors (Lipinski definition) is 1. The van der Waals surface area contributed by atoms with Gasteiger partial charge in [-0.2, -0.15) is 0 Å². The smallest absolute Gasteiger partial charge is 0.0590 e. The summed E-state index contributed by atoms with van der Waals surface area (Å²) in [4.78, 5) is 2.42. The molecule has 0 aliphatic carbocycles. The van der Waals surface area contributed by atoms with Gasteiger partial charge in [0.15, 0.2) is 0 Å². The van der Waals surface area contributed by atoms with Gasteiger partial charge in [-0.05, 0) is 23.6 Å². The molecule has 0 fully saturated rings. The lowest BCUT2D eigenvalue weighted by Gasteiger charge is -2.08. The topological polar surface area (TPSA) is 26.0 Å². The van der Waals surface area contributed by atoms with E-state index in [1.807, 2.05) is 0 Å². The normalized spacial score (nSPS) is 10.3. The molecule has 0 aliphatic rings. The van der Waals surface area contributed by atoms with E-state index in [0.29, 0.717) is 0 Å². The van der Waals surface area contributed by atoms with Gasteiger partial charge in [-0.1, -0.05) is 19.9 Å². The third-order valence-electron chi connectivity index (χ3n) is 1.63. The Kier molecular flexibility index (Phi) is 4.53. The zero-order chi connectivity index (χ0) is 9.68. The Balaban J connectivity index is 2.89. The van der Waals surface area contributed by atoms with Crippen LogP contribution in [0.5, 0.6) is 0 Å². The Labute approximate surface area is 88.5 Å². The van der Waals surface area contributed by atoms with Crippen LogP contribution < -0.4 is 5.73 Å². The van der Waals surface area contributed by atoms with Gasteiger partial charge in [-0.25, -0.2) is 0 Å². The van der Waals surface area contributed by atoms with Gasteiger partial charge in [0.2, 0.25) is 0 Å². The molecule has 0 bridgehead atoms. The Bertz CT molecular complexity index is 249. The van der Waals surface area contributed by atoms with Gasteiger partial charge in [-0.3, -0.25) is 0 Å². The summed E-state index contributed by atoms with van der Waals surface area (Å²) in [5.74, 6) is 2.15. The molecule has 1 aromatic rings. The first-order valence-corrected chi connectivity index (χ1v) is 6.40. The number of thioether (sulfide) groups is 2. The van der Waals surface area contributed by atoms with Crippen molar-refractivity contribution < 1.29 is 0 Å². The highest BCUT2D eigenvalue weighted by Gasteiger charge is 2.03. The van der Waals surface area contributed by atoms with E-state index in [-0.39, 0.29) is 0 Å². The summed E-state index contributed by atoms with van der Waals surface area (Å²) in [6.45, 7) is 4.29. The largest absolute Gasteiger partial charge is 0.397 e. The molecule has 0 saturated carbocycles. The number of para-hydroxylation sites is 1. The second-order valence-electron chi connectivity index (χ2n) is 2.53. The van der Waals surface area contributed by atoms with Crippen molar-refractivity contribution in [1.82, 2.24) is 0 Å². The third kappa shape index (κ3) is 2.85. The minimum atomic E-state index is 0.946. The van der Waals surface area contributed by atoms with Gasteiger partial charge in [0, 0.05) is 9.79 Å². The van der Waals surface area contributed by atoms with Crippen molar-refractivity contribution in [1.29, 1.82) is 0 Å². The van der Waals surface area contributed by atoms with Crippen molar-refractivity contribution in [2.45, 2.75) is 23.6 Å². The lowest BCUT2D eigenvalue weighted by molar-refractivity contribution is 1.33. The number of nitrogens with two attached hydrogens (primary N) is 1. The molecular weight excluding hydrogens is 198 g/mol. The summed E-state index contributed by atoms with van der Waals surface area (Å²) in [7, 11) is 0. The number of nitrogen functional groups attached to an aromatic ring is 1. The quantitative estimate of drug-likeness (QED) is 0.612. The van der Waals surface area contributed by atoms with Gasteiger partial charge in [0.05, 0.1) is 5.69 Å². The van der Waals surface area contributed by atoms with Crippen LogP contribution in [0.4, 0.5) is 5.69 Å². The van der Waals surface area contributed by atoms with E-state index < -0.39 is 0 Å². The fourth-order valence-corrected chi connectivity index (χ4v) is 2.65. The van der Waals surface area contributed by atoms with Crippen LogP contribution >= 0.6 is 23.5 Å². The molecule has 0 spiro atoms. The molecular formula is C10H15NS2. The molecule has 72 valence electrons. The maximum Gasteiger partial charge on any atom is 0.0590 e. The highest BCUT2D eigenvalue weighted by Crippen LogP contribution is 2.33. The third-order valence-corrected chi connectivity index (χ3v) is 3.54. The molecule has 2 N–H and O–H groups in total. The van der Waals surface area contributed by atoms with Gasteiger partial charge in [-0.15, -0.1) is 23.5 Å². The van der Waals surface area contributed by atoms with E-state index in [0.717, 1.165) is 17.2 Å². The maximum absolute atomic E-state index is 6.01. The van der Waals surface area contributed by atoms with Crippen molar-refractivity contribution >= 4 is 29.2 Å². The molecule has 1 aromatic carbocycles. The van der Waals surface area contributed by atoms with Crippen LogP contribution in [0.25, 0.3) is 0 Å². The lowest BCUT2D eigenvalue weighted by atomic mass is 10.3. The number of anilines is 1. The first-order chi connectivity index (χ1) is 6.29. The summed E-state index contributed by atoms with van der Waals surface area (Å²) in [6.07, 6.45) is 0. The Morgan fingerprint density at radius 1 is 1.08 bits per heavy atom. The zero-order valence-corrected chi connectivity index (χ0v) is 9.67. The predicted molar refractivity (Wildman–Crippen MR) is 63.7 cm³/mol. The SMILES string of the molecule is CCSc1cccc(SCC)c1N. The van der Waals surface area contributed by atoms with Crippen LogP contribution in [0.1, 0.15) is 13.8 Å². The Morgan fingerprint density at radius 2 is 1.54 bits per heavy atom. The van der Waals surface area contributed by atoms with Crippen LogP contribution in [0.2, 0.25) is 0 Å². The molecule has 0 aliphatic heterocycles. The highest BCUT2D eigenvalue weighted by molar-refractivity contribution is 8.00. The summed E-state index contributed by atoms with van der Waals surface area (Å²) in [5.41, 5.74) is 6.96. The summed E-state index contributed by atoms with van der Waals surface area (Å²) < 4.78 is 0. The van der Waals surface area contributed by atoms with Crippen molar-refractivity contribution in [2.24, 2.45) is 0 Å². The van der Waals surface area contributed by atoms with E-state index in [1.54, 1.807) is 23.5 Å². The number of hydrogen-bond acceptors (Lipinski definition) is 3. The molecule has 0 heterocycles. The first-order valence-electron chi connectivity index (χ1n) is 4.43. The Morgan fingerprint density at radius 3 is 1.92 bits per heavy atom. The molecule has 3 heteroatoms. The van der Waals surface area contributed by atoms with Crippen molar-refractivity contribution in [3.8, 4) is 0 Å². The number of rotatable bonds is 4. The van der Waals surface area contributed by atoms with Crippen LogP contribution in [-0.2, 0) is 0 Å². The second-order valence-corrected chi connectivity index (χ2v) is 5.15. The van der Waals surface area contributed by atoms with E-state index in [9.17, 15) is 0 Å². The van der Waals surface area contributed by atoms with Crippen LogP contribution in [-0.4, -0.2) is 11.5 Å². The molecule has 1 rings (SSSR count). The molecule has 13 heavy (non-hydrogen) atoms. The molecule has 0 unspecified atom stereocenters. The summed E-state index contributed by atoms with van der Waals surface area (Å²) in [6, 6.07) is 6.25. The average molecular weight is 213 g/mol. The van der Waals surface area contributed by atoms with Gasteiger partial charge in [0.1, 0.15) is 0 Å². The predicted octanol–water partition coefficient (Wildman–Crippen LogP) is 3.49. The van der Waals surface area contributed by atoms with Gasteiger partial charge in [0.25, 0.3) is 0 Å². The summed E-state index contributed by atoms with van der Waals surface area (Å²) >= 11 is 3.61. The average Bonchev–Trinajstić information content (AvgIpc) is 2.13. The molecule has 0 aromatic heterocycles.